The molecular weight excluding hydrogens is 174 g/mol. The van der Waals surface area contributed by atoms with E-state index in [4.69, 9.17) is 0 Å². The van der Waals surface area contributed by atoms with Crippen molar-refractivity contribution in [2.45, 2.75) is 6.92 Å². The van der Waals surface area contributed by atoms with E-state index in [9.17, 15) is 0 Å². The van der Waals surface area contributed by atoms with Crippen LogP contribution in [0, 0.1) is 0 Å². The largest absolute Gasteiger partial charge is 0.274 e. The quantitative estimate of drug-likeness (QED) is 0.516. The van der Waals surface area contributed by atoms with Crippen molar-refractivity contribution in [3.8, 4) is 0 Å². The number of allylic oxidation sites excluding steroid dienone is 1. The Balaban J connectivity index is 3.05. The molecule has 3 heteroatoms. The Labute approximate surface area is 83.9 Å². The molecule has 14 heavy (non-hydrogen) atoms. The molecule has 0 aliphatic heterocycles. The highest BCUT2D eigenvalue weighted by molar-refractivity contribution is 6.13. The average molecular weight is 187 g/mol. The van der Waals surface area contributed by atoms with Gasteiger partial charge < -0.3 is 0 Å². The van der Waals surface area contributed by atoms with Crippen LogP contribution in [0.1, 0.15) is 12.5 Å². The molecule has 0 N–H and O–H groups in total. The van der Waals surface area contributed by atoms with Crippen LogP contribution in [0.4, 0.5) is 0 Å². The van der Waals surface area contributed by atoms with Gasteiger partial charge in [0.05, 0.1) is 5.71 Å². The lowest BCUT2D eigenvalue weighted by Gasteiger charge is -1.99. The van der Waals surface area contributed by atoms with Crippen LogP contribution >= 0.6 is 0 Å². The SMILES string of the molecule is C=CC(=NC(C)=NC)c1ccncc1. The lowest BCUT2D eigenvalue weighted by atomic mass is 10.1. The van der Waals surface area contributed by atoms with Crippen LogP contribution in [-0.2, 0) is 0 Å². The summed E-state index contributed by atoms with van der Waals surface area (Å²) in [4.78, 5) is 12.2. The first-order valence-corrected chi connectivity index (χ1v) is 4.33. The lowest BCUT2D eigenvalue weighted by Crippen LogP contribution is -2.00. The van der Waals surface area contributed by atoms with Crippen molar-refractivity contribution in [3.05, 3.63) is 42.7 Å². The molecule has 0 saturated carbocycles. The van der Waals surface area contributed by atoms with Gasteiger partial charge in [0.15, 0.2) is 0 Å². The van der Waals surface area contributed by atoms with Crippen LogP contribution in [0.25, 0.3) is 0 Å². The third kappa shape index (κ3) is 2.62. The third-order valence-electron chi connectivity index (χ3n) is 1.78. The standard InChI is InChI=1S/C11H13N3/c1-4-11(14-9(2)12-3)10-5-7-13-8-6-10/h4-8H,1H2,2-3H3. The lowest BCUT2D eigenvalue weighted by molar-refractivity contribution is 1.32. The fourth-order valence-corrected chi connectivity index (χ4v) is 0.975. The average Bonchev–Trinajstić information content (AvgIpc) is 2.26. The second-order valence-corrected chi connectivity index (χ2v) is 2.71. The molecule has 0 aromatic carbocycles. The summed E-state index contributed by atoms with van der Waals surface area (Å²) in [6.45, 7) is 5.57. The summed E-state index contributed by atoms with van der Waals surface area (Å²) in [7, 11) is 1.71. The molecule has 0 fully saturated rings. The van der Waals surface area contributed by atoms with E-state index >= 15 is 0 Å². The number of aliphatic imine (C=N–C) groups is 2. The molecule has 3 nitrogen and oxygen atoms in total. The third-order valence-corrected chi connectivity index (χ3v) is 1.78. The van der Waals surface area contributed by atoms with Crippen molar-refractivity contribution >= 4 is 11.5 Å². The highest BCUT2D eigenvalue weighted by Gasteiger charge is 1.97. The Morgan fingerprint density at radius 2 is 2.07 bits per heavy atom. The van der Waals surface area contributed by atoms with Crippen LogP contribution in [0.2, 0.25) is 0 Å². The van der Waals surface area contributed by atoms with Gasteiger partial charge in [-0.05, 0) is 25.1 Å². The second kappa shape index (κ2) is 5.07. The van der Waals surface area contributed by atoms with Crippen molar-refractivity contribution in [3.63, 3.8) is 0 Å². The first-order chi connectivity index (χ1) is 6.77. The molecule has 0 saturated heterocycles. The highest BCUT2D eigenvalue weighted by Crippen LogP contribution is 2.01. The Morgan fingerprint density at radius 1 is 1.43 bits per heavy atom. The molecule has 72 valence electrons. The van der Waals surface area contributed by atoms with E-state index in [1.54, 1.807) is 25.5 Å². The minimum atomic E-state index is 0.733. The van der Waals surface area contributed by atoms with Crippen LogP contribution in [-0.4, -0.2) is 23.6 Å². The number of hydrogen-bond acceptors (Lipinski definition) is 2. The summed E-state index contributed by atoms with van der Waals surface area (Å²) in [5.41, 5.74) is 1.81. The number of hydrogen-bond donors (Lipinski definition) is 0. The Morgan fingerprint density at radius 3 is 2.57 bits per heavy atom. The first kappa shape index (κ1) is 10.3. The van der Waals surface area contributed by atoms with Crippen molar-refractivity contribution in [1.29, 1.82) is 0 Å². The first-order valence-electron chi connectivity index (χ1n) is 4.33. The van der Waals surface area contributed by atoms with Crippen LogP contribution < -0.4 is 0 Å². The number of aromatic nitrogens is 1. The maximum absolute atomic E-state index is 4.30. The van der Waals surface area contributed by atoms with Crippen molar-refractivity contribution in [2.75, 3.05) is 7.05 Å². The van der Waals surface area contributed by atoms with Crippen molar-refractivity contribution in [2.24, 2.45) is 9.98 Å². The van der Waals surface area contributed by atoms with E-state index in [1.165, 1.54) is 0 Å². The van der Waals surface area contributed by atoms with Crippen molar-refractivity contribution in [1.82, 2.24) is 4.98 Å². The van der Waals surface area contributed by atoms with E-state index in [1.807, 2.05) is 19.1 Å². The zero-order valence-corrected chi connectivity index (χ0v) is 8.44. The van der Waals surface area contributed by atoms with Crippen LogP contribution in [0.15, 0.2) is 47.2 Å². The molecule has 0 aliphatic rings. The molecule has 0 bridgehead atoms. The molecule has 0 spiro atoms. The Kier molecular flexibility index (Phi) is 3.73. The van der Waals surface area contributed by atoms with Gasteiger partial charge in [-0.25, -0.2) is 4.99 Å². The Bertz CT molecular complexity index is 363. The monoisotopic (exact) mass is 187 g/mol. The molecule has 0 atom stereocenters. The smallest absolute Gasteiger partial charge is 0.120 e. The zero-order valence-electron chi connectivity index (χ0n) is 8.44. The minimum Gasteiger partial charge on any atom is -0.274 e. The second-order valence-electron chi connectivity index (χ2n) is 2.71. The predicted molar refractivity (Wildman–Crippen MR) is 60.0 cm³/mol. The number of rotatable bonds is 2. The van der Waals surface area contributed by atoms with Gasteiger partial charge in [0.25, 0.3) is 0 Å². The topological polar surface area (TPSA) is 37.6 Å². The van der Waals surface area contributed by atoms with E-state index < -0.39 is 0 Å². The summed E-state index contributed by atoms with van der Waals surface area (Å²) < 4.78 is 0. The van der Waals surface area contributed by atoms with Gasteiger partial charge in [-0.2, -0.15) is 0 Å². The van der Waals surface area contributed by atoms with Gasteiger partial charge >= 0.3 is 0 Å². The predicted octanol–water partition coefficient (Wildman–Crippen LogP) is 2.10. The summed E-state index contributed by atoms with van der Waals surface area (Å²) in [5, 5.41) is 0. The molecule has 0 amide bonds. The highest BCUT2D eigenvalue weighted by atomic mass is 14.9. The molecule has 0 radical (unpaired) electrons. The van der Waals surface area contributed by atoms with Gasteiger partial charge in [0, 0.05) is 25.0 Å². The molecule has 1 aromatic rings. The maximum atomic E-state index is 4.30. The summed E-state index contributed by atoms with van der Waals surface area (Å²) in [6, 6.07) is 3.78. The molecule has 1 rings (SSSR count). The van der Waals surface area contributed by atoms with Crippen molar-refractivity contribution < 1.29 is 0 Å². The van der Waals surface area contributed by atoms with Gasteiger partial charge in [-0.15, -0.1) is 0 Å². The molecular formula is C11H13N3. The molecule has 1 heterocycles. The van der Waals surface area contributed by atoms with E-state index in [0.717, 1.165) is 17.1 Å². The molecule has 0 aliphatic carbocycles. The summed E-state index contributed by atoms with van der Waals surface area (Å²) in [5.74, 6) is 0.733. The van der Waals surface area contributed by atoms with Gasteiger partial charge in [-0.1, -0.05) is 6.58 Å². The maximum Gasteiger partial charge on any atom is 0.120 e. The van der Waals surface area contributed by atoms with Crippen LogP contribution in [0.5, 0.6) is 0 Å². The number of pyridine rings is 1. The van der Waals surface area contributed by atoms with Gasteiger partial charge in [0.1, 0.15) is 5.84 Å². The number of amidine groups is 1. The van der Waals surface area contributed by atoms with E-state index in [-0.39, 0.29) is 0 Å². The van der Waals surface area contributed by atoms with Crippen LogP contribution in [0.3, 0.4) is 0 Å². The fourth-order valence-electron chi connectivity index (χ4n) is 0.975. The minimum absolute atomic E-state index is 0.733. The van der Waals surface area contributed by atoms with Gasteiger partial charge in [-0.3, -0.25) is 9.98 Å². The molecule has 1 aromatic heterocycles. The summed E-state index contributed by atoms with van der Waals surface area (Å²) >= 11 is 0. The summed E-state index contributed by atoms with van der Waals surface area (Å²) in [6.07, 6.45) is 5.17. The normalized spacial score (nSPS) is 12.7. The number of nitrogens with zero attached hydrogens (tertiary/aromatic N) is 3. The van der Waals surface area contributed by atoms with Gasteiger partial charge in [0.2, 0.25) is 0 Å². The zero-order chi connectivity index (χ0) is 10.4. The van der Waals surface area contributed by atoms with E-state index in [0.29, 0.717) is 0 Å². The fraction of sp³-hybridized carbons (Fsp3) is 0.182. The molecule has 0 unspecified atom stereocenters. The Hall–Kier alpha value is -1.77. The van der Waals surface area contributed by atoms with E-state index in [2.05, 4.69) is 21.5 Å².